The number of aromatic nitrogens is 2. The summed E-state index contributed by atoms with van der Waals surface area (Å²) in [6.07, 6.45) is 1.47. The molecule has 2 aromatic rings. The molecule has 0 saturated carbocycles. The third-order valence-corrected chi connectivity index (χ3v) is 3.21. The van der Waals surface area contributed by atoms with Gasteiger partial charge in [-0.1, -0.05) is 12.1 Å². The Hall–Kier alpha value is -2.30. The van der Waals surface area contributed by atoms with Gasteiger partial charge >= 0.3 is 0 Å². The van der Waals surface area contributed by atoms with Crippen LogP contribution in [0.5, 0.6) is 5.75 Å². The number of rotatable bonds is 4. The van der Waals surface area contributed by atoms with Crippen molar-refractivity contribution >= 4 is 11.6 Å². The second kappa shape index (κ2) is 5.56. The predicted octanol–water partition coefficient (Wildman–Crippen LogP) is 2.26. The molecule has 1 atom stereocenters. The Morgan fingerprint density at radius 2 is 1.89 bits per heavy atom. The number of nitrogen functional groups attached to an aromatic ring is 1. The van der Waals surface area contributed by atoms with Gasteiger partial charge in [0.15, 0.2) is 0 Å². The summed E-state index contributed by atoms with van der Waals surface area (Å²) in [6.45, 7) is 2.11. The zero-order valence-electron chi connectivity index (χ0n) is 11.4. The van der Waals surface area contributed by atoms with Gasteiger partial charge in [-0.05, 0) is 24.6 Å². The molecular formula is C14H18N4O. The zero-order chi connectivity index (χ0) is 13.8. The maximum atomic E-state index is 5.68. The molecule has 0 aliphatic heterocycles. The minimum atomic E-state index is 0.181. The van der Waals surface area contributed by atoms with E-state index in [2.05, 4.69) is 21.8 Å². The molecule has 0 aliphatic rings. The van der Waals surface area contributed by atoms with E-state index < -0.39 is 0 Å². The molecule has 0 radical (unpaired) electrons. The van der Waals surface area contributed by atoms with Crippen LogP contribution in [0.3, 0.4) is 0 Å². The maximum absolute atomic E-state index is 5.68. The maximum Gasteiger partial charge on any atom is 0.134 e. The monoisotopic (exact) mass is 258 g/mol. The van der Waals surface area contributed by atoms with E-state index in [0.29, 0.717) is 5.82 Å². The summed E-state index contributed by atoms with van der Waals surface area (Å²) in [4.78, 5) is 10.2. The SMILES string of the molecule is COc1ccc(C(C)N(C)c2cc(N)ncn2)cc1. The molecule has 0 fully saturated rings. The predicted molar refractivity (Wildman–Crippen MR) is 76.3 cm³/mol. The average molecular weight is 258 g/mol. The molecule has 1 aromatic heterocycles. The molecular weight excluding hydrogens is 240 g/mol. The van der Waals surface area contributed by atoms with Crippen molar-refractivity contribution < 1.29 is 4.74 Å². The Labute approximate surface area is 113 Å². The number of nitrogens with two attached hydrogens (primary N) is 1. The van der Waals surface area contributed by atoms with Crippen molar-refractivity contribution in [2.75, 3.05) is 24.8 Å². The second-order valence-electron chi connectivity index (χ2n) is 4.36. The molecule has 2 rings (SSSR count). The Bertz CT molecular complexity index is 541. The van der Waals surface area contributed by atoms with Gasteiger partial charge in [-0.25, -0.2) is 9.97 Å². The van der Waals surface area contributed by atoms with E-state index in [9.17, 15) is 0 Å². The molecule has 1 aromatic carbocycles. The Morgan fingerprint density at radius 1 is 1.21 bits per heavy atom. The van der Waals surface area contributed by atoms with Gasteiger partial charge < -0.3 is 15.4 Å². The highest BCUT2D eigenvalue weighted by Gasteiger charge is 2.13. The molecule has 2 N–H and O–H groups in total. The molecule has 19 heavy (non-hydrogen) atoms. The molecule has 0 bridgehead atoms. The van der Waals surface area contributed by atoms with Crippen LogP contribution in [0.25, 0.3) is 0 Å². The lowest BCUT2D eigenvalue weighted by molar-refractivity contribution is 0.414. The van der Waals surface area contributed by atoms with Crippen LogP contribution in [-0.2, 0) is 0 Å². The van der Waals surface area contributed by atoms with Crippen LogP contribution in [0, 0.1) is 0 Å². The quantitative estimate of drug-likeness (QED) is 0.911. The average Bonchev–Trinajstić information content (AvgIpc) is 2.46. The van der Waals surface area contributed by atoms with Crippen LogP contribution in [0.15, 0.2) is 36.7 Å². The highest BCUT2D eigenvalue weighted by molar-refractivity contribution is 5.47. The van der Waals surface area contributed by atoms with Gasteiger partial charge in [0, 0.05) is 13.1 Å². The van der Waals surface area contributed by atoms with E-state index in [0.717, 1.165) is 11.6 Å². The van der Waals surface area contributed by atoms with Crippen molar-refractivity contribution in [1.82, 2.24) is 9.97 Å². The molecule has 100 valence electrons. The van der Waals surface area contributed by atoms with Crippen molar-refractivity contribution in [3.63, 3.8) is 0 Å². The van der Waals surface area contributed by atoms with Crippen molar-refractivity contribution in [2.45, 2.75) is 13.0 Å². The lowest BCUT2D eigenvalue weighted by Crippen LogP contribution is -2.22. The van der Waals surface area contributed by atoms with Gasteiger partial charge in [-0.3, -0.25) is 0 Å². The van der Waals surface area contributed by atoms with Crippen LogP contribution >= 0.6 is 0 Å². The Morgan fingerprint density at radius 3 is 2.47 bits per heavy atom. The molecule has 0 amide bonds. The van der Waals surface area contributed by atoms with E-state index >= 15 is 0 Å². The molecule has 0 aliphatic carbocycles. The van der Waals surface area contributed by atoms with Crippen molar-refractivity contribution in [3.05, 3.63) is 42.2 Å². The van der Waals surface area contributed by atoms with Crippen molar-refractivity contribution in [2.24, 2.45) is 0 Å². The molecule has 1 heterocycles. The van der Waals surface area contributed by atoms with E-state index in [1.54, 1.807) is 13.2 Å². The Balaban J connectivity index is 2.20. The molecule has 1 unspecified atom stereocenters. The fourth-order valence-corrected chi connectivity index (χ4v) is 1.86. The number of hydrogen-bond donors (Lipinski definition) is 1. The largest absolute Gasteiger partial charge is 0.497 e. The number of benzene rings is 1. The topological polar surface area (TPSA) is 64.3 Å². The smallest absolute Gasteiger partial charge is 0.134 e. The lowest BCUT2D eigenvalue weighted by Gasteiger charge is -2.26. The third-order valence-electron chi connectivity index (χ3n) is 3.21. The molecule has 5 nitrogen and oxygen atoms in total. The summed E-state index contributed by atoms with van der Waals surface area (Å²) < 4.78 is 5.16. The van der Waals surface area contributed by atoms with E-state index in [1.165, 1.54) is 11.9 Å². The van der Waals surface area contributed by atoms with Crippen LogP contribution < -0.4 is 15.4 Å². The Kier molecular flexibility index (Phi) is 3.85. The van der Waals surface area contributed by atoms with Gasteiger partial charge in [0.1, 0.15) is 23.7 Å². The van der Waals surface area contributed by atoms with Crippen LogP contribution in [-0.4, -0.2) is 24.1 Å². The van der Waals surface area contributed by atoms with Crippen LogP contribution in [0.4, 0.5) is 11.6 Å². The number of methoxy groups -OCH3 is 1. The first-order valence-corrected chi connectivity index (χ1v) is 6.06. The van der Waals surface area contributed by atoms with Gasteiger partial charge in [-0.15, -0.1) is 0 Å². The fourth-order valence-electron chi connectivity index (χ4n) is 1.86. The summed E-state index contributed by atoms with van der Waals surface area (Å²) in [7, 11) is 3.64. The molecule has 5 heteroatoms. The van der Waals surface area contributed by atoms with Crippen LogP contribution in [0.1, 0.15) is 18.5 Å². The first kappa shape index (κ1) is 13.1. The minimum Gasteiger partial charge on any atom is -0.497 e. The van der Waals surface area contributed by atoms with E-state index in [-0.39, 0.29) is 6.04 Å². The van der Waals surface area contributed by atoms with Gasteiger partial charge in [0.05, 0.1) is 13.2 Å². The fraction of sp³-hybridized carbons (Fsp3) is 0.286. The number of ether oxygens (including phenoxy) is 1. The second-order valence-corrected chi connectivity index (χ2v) is 4.36. The van der Waals surface area contributed by atoms with Crippen molar-refractivity contribution in [3.8, 4) is 5.75 Å². The summed E-state index contributed by atoms with van der Waals surface area (Å²) in [5.41, 5.74) is 6.86. The number of nitrogens with zero attached hydrogens (tertiary/aromatic N) is 3. The molecule has 0 saturated heterocycles. The summed E-state index contributed by atoms with van der Waals surface area (Å²) in [5, 5.41) is 0. The summed E-state index contributed by atoms with van der Waals surface area (Å²) in [6, 6.07) is 9.94. The summed E-state index contributed by atoms with van der Waals surface area (Å²) >= 11 is 0. The highest BCUT2D eigenvalue weighted by Crippen LogP contribution is 2.25. The lowest BCUT2D eigenvalue weighted by atomic mass is 10.1. The standard InChI is InChI=1S/C14H18N4O/c1-10(11-4-6-12(19-3)7-5-11)18(2)14-8-13(15)16-9-17-14/h4-10H,1-3H3,(H2,15,16,17). The first-order chi connectivity index (χ1) is 9.11. The zero-order valence-corrected chi connectivity index (χ0v) is 11.4. The first-order valence-electron chi connectivity index (χ1n) is 6.06. The highest BCUT2D eigenvalue weighted by atomic mass is 16.5. The minimum absolute atomic E-state index is 0.181. The third kappa shape index (κ3) is 2.93. The summed E-state index contributed by atoms with van der Waals surface area (Å²) in [5.74, 6) is 2.12. The normalized spacial score (nSPS) is 11.9. The number of hydrogen-bond acceptors (Lipinski definition) is 5. The van der Waals surface area contributed by atoms with Crippen LogP contribution in [0.2, 0.25) is 0 Å². The molecule has 0 spiro atoms. The van der Waals surface area contributed by atoms with Gasteiger partial charge in [0.25, 0.3) is 0 Å². The van der Waals surface area contributed by atoms with Crippen molar-refractivity contribution in [1.29, 1.82) is 0 Å². The van der Waals surface area contributed by atoms with Gasteiger partial charge in [-0.2, -0.15) is 0 Å². The number of anilines is 2. The van der Waals surface area contributed by atoms with E-state index in [1.807, 2.05) is 31.3 Å². The van der Waals surface area contributed by atoms with E-state index in [4.69, 9.17) is 10.5 Å². The van der Waals surface area contributed by atoms with Gasteiger partial charge in [0.2, 0.25) is 0 Å².